The summed E-state index contributed by atoms with van der Waals surface area (Å²) in [5.41, 5.74) is -1.08. The molecule has 1 atom stereocenters. The number of benzene rings is 2. The van der Waals surface area contributed by atoms with Crippen LogP contribution in [-0.2, 0) is 11.3 Å². The van der Waals surface area contributed by atoms with Crippen LogP contribution in [0.5, 0.6) is 0 Å². The first-order valence-corrected chi connectivity index (χ1v) is 10.9. The van der Waals surface area contributed by atoms with E-state index in [1.807, 2.05) is 0 Å². The molecular formula is C23H22ClFN4O4. The summed E-state index contributed by atoms with van der Waals surface area (Å²) >= 11 is 6.03. The van der Waals surface area contributed by atoms with Crippen molar-refractivity contribution in [3.63, 3.8) is 0 Å². The van der Waals surface area contributed by atoms with Gasteiger partial charge in [0.05, 0.1) is 18.3 Å². The largest absolute Gasteiger partial charge is 0.376 e. The molecule has 1 amide bonds. The molecule has 2 heterocycles. The molecular weight excluding hydrogens is 451 g/mol. The van der Waals surface area contributed by atoms with Crippen LogP contribution in [0.4, 0.5) is 4.39 Å². The van der Waals surface area contributed by atoms with Gasteiger partial charge in [0.1, 0.15) is 5.82 Å². The summed E-state index contributed by atoms with van der Waals surface area (Å²) in [5, 5.41) is 7.09. The normalized spacial score (nSPS) is 15.5. The Morgan fingerprint density at radius 3 is 2.79 bits per heavy atom. The molecule has 1 aromatic heterocycles. The van der Waals surface area contributed by atoms with E-state index in [1.165, 1.54) is 12.1 Å². The van der Waals surface area contributed by atoms with Gasteiger partial charge in [0.2, 0.25) is 5.69 Å². The Labute approximate surface area is 193 Å². The van der Waals surface area contributed by atoms with Crippen LogP contribution in [0.1, 0.15) is 34.5 Å². The van der Waals surface area contributed by atoms with Gasteiger partial charge in [-0.3, -0.25) is 14.2 Å². The third-order valence-electron chi connectivity index (χ3n) is 5.42. The molecule has 10 heteroatoms. The fraction of sp³-hybridized carbons (Fsp3) is 0.304. The van der Waals surface area contributed by atoms with Gasteiger partial charge in [-0.1, -0.05) is 29.8 Å². The Morgan fingerprint density at radius 1 is 1.27 bits per heavy atom. The standard InChI is InChI=1S/C23H22ClFN4O4/c1-14-7-8-17(11-19(14)25)29-23(32)28(13-15-4-2-5-16(24)10-15)22(31)20(27-29)21(30)26-12-18-6-3-9-33-18/h2,4-5,7-8,10-11,18H,3,6,9,12-13H2,1H3,(H,26,30). The van der Waals surface area contributed by atoms with Gasteiger partial charge in [-0.2, -0.15) is 9.78 Å². The molecule has 1 fully saturated rings. The number of nitrogens with zero attached hydrogens (tertiary/aromatic N) is 3. The van der Waals surface area contributed by atoms with Crippen molar-refractivity contribution in [2.75, 3.05) is 13.2 Å². The summed E-state index contributed by atoms with van der Waals surface area (Å²) in [4.78, 5) is 39.1. The highest BCUT2D eigenvalue weighted by Gasteiger charge is 2.23. The van der Waals surface area contributed by atoms with Crippen LogP contribution in [0.15, 0.2) is 52.1 Å². The fourth-order valence-electron chi connectivity index (χ4n) is 3.59. The molecule has 172 valence electrons. The summed E-state index contributed by atoms with van der Waals surface area (Å²) in [6.07, 6.45) is 1.56. The van der Waals surface area contributed by atoms with Gasteiger partial charge in [-0.15, -0.1) is 0 Å². The first-order chi connectivity index (χ1) is 15.8. The Balaban J connectivity index is 1.79. The lowest BCUT2D eigenvalue weighted by molar-refractivity contribution is 0.0849. The summed E-state index contributed by atoms with van der Waals surface area (Å²) in [5.74, 6) is -1.28. The summed E-state index contributed by atoms with van der Waals surface area (Å²) in [6, 6.07) is 10.8. The van der Waals surface area contributed by atoms with Gasteiger partial charge in [0.15, 0.2) is 0 Å². The van der Waals surface area contributed by atoms with Crippen molar-refractivity contribution in [3.05, 3.63) is 91.0 Å². The van der Waals surface area contributed by atoms with Crippen LogP contribution in [0.25, 0.3) is 5.69 Å². The predicted octanol–water partition coefficient (Wildman–Crippen LogP) is 2.45. The molecule has 8 nitrogen and oxygen atoms in total. The van der Waals surface area contributed by atoms with Crippen molar-refractivity contribution in [2.24, 2.45) is 0 Å². The summed E-state index contributed by atoms with van der Waals surface area (Å²) in [6.45, 7) is 2.28. The maximum absolute atomic E-state index is 14.2. The highest BCUT2D eigenvalue weighted by molar-refractivity contribution is 6.30. The lowest BCUT2D eigenvalue weighted by Crippen LogP contribution is -2.46. The SMILES string of the molecule is Cc1ccc(-n2nc(C(=O)NCC3CCCO3)c(=O)n(Cc3cccc(Cl)c3)c2=O)cc1F. The van der Waals surface area contributed by atoms with Crippen LogP contribution in [0, 0.1) is 12.7 Å². The van der Waals surface area contributed by atoms with E-state index in [0.717, 1.165) is 28.2 Å². The van der Waals surface area contributed by atoms with Crippen molar-refractivity contribution >= 4 is 17.5 Å². The average Bonchev–Trinajstić information content (AvgIpc) is 3.31. The minimum Gasteiger partial charge on any atom is -0.376 e. The second-order valence-corrected chi connectivity index (χ2v) is 8.28. The molecule has 0 spiro atoms. The minimum absolute atomic E-state index is 0.0936. The topological polar surface area (TPSA) is 95.2 Å². The number of nitrogens with one attached hydrogen (secondary N) is 1. The number of hydrogen-bond acceptors (Lipinski definition) is 5. The minimum atomic E-state index is -0.853. The zero-order chi connectivity index (χ0) is 23.5. The van der Waals surface area contributed by atoms with Crippen molar-refractivity contribution < 1.29 is 13.9 Å². The summed E-state index contributed by atoms with van der Waals surface area (Å²) in [7, 11) is 0. The first-order valence-electron chi connectivity index (χ1n) is 10.5. The van der Waals surface area contributed by atoms with Crippen LogP contribution < -0.4 is 16.6 Å². The molecule has 1 saturated heterocycles. The smallest absolute Gasteiger partial charge is 0.352 e. The second-order valence-electron chi connectivity index (χ2n) is 7.84. The Hall–Kier alpha value is -3.30. The Bertz CT molecular complexity index is 1310. The molecule has 1 aliphatic heterocycles. The molecule has 0 bridgehead atoms. The van der Waals surface area contributed by atoms with E-state index in [2.05, 4.69) is 10.4 Å². The van der Waals surface area contributed by atoms with E-state index in [4.69, 9.17) is 16.3 Å². The second kappa shape index (κ2) is 9.68. The van der Waals surface area contributed by atoms with Crippen molar-refractivity contribution in [2.45, 2.75) is 32.4 Å². The van der Waals surface area contributed by atoms with E-state index in [9.17, 15) is 18.8 Å². The van der Waals surface area contributed by atoms with E-state index >= 15 is 0 Å². The Kier molecular flexibility index (Phi) is 6.71. The zero-order valence-electron chi connectivity index (χ0n) is 17.9. The highest BCUT2D eigenvalue weighted by atomic mass is 35.5. The zero-order valence-corrected chi connectivity index (χ0v) is 18.6. The molecule has 2 aromatic carbocycles. The van der Waals surface area contributed by atoms with E-state index < -0.39 is 28.7 Å². The van der Waals surface area contributed by atoms with E-state index in [0.29, 0.717) is 22.8 Å². The first kappa shape index (κ1) is 22.9. The molecule has 33 heavy (non-hydrogen) atoms. The average molecular weight is 473 g/mol. The highest BCUT2D eigenvalue weighted by Crippen LogP contribution is 2.13. The third kappa shape index (κ3) is 5.04. The van der Waals surface area contributed by atoms with Crippen molar-refractivity contribution in [1.82, 2.24) is 19.7 Å². The van der Waals surface area contributed by atoms with Gasteiger partial charge < -0.3 is 10.1 Å². The number of rotatable bonds is 6. The molecule has 4 rings (SSSR count). The Morgan fingerprint density at radius 2 is 2.09 bits per heavy atom. The maximum atomic E-state index is 14.2. The maximum Gasteiger partial charge on any atom is 0.352 e. The van der Waals surface area contributed by atoms with Gasteiger partial charge >= 0.3 is 5.69 Å². The number of amides is 1. The van der Waals surface area contributed by atoms with Crippen LogP contribution in [-0.4, -0.2) is 39.5 Å². The van der Waals surface area contributed by atoms with E-state index in [-0.39, 0.29) is 24.9 Å². The number of carbonyl (C=O) groups is 1. The third-order valence-corrected chi connectivity index (χ3v) is 5.65. The molecule has 1 unspecified atom stereocenters. The van der Waals surface area contributed by atoms with Gasteiger partial charge in [-0.05, 0) is 49.1 Å². The lowest BCUT2D eigenvalue weighted by atomic mass is 10.2. The van der Waals surface area contributed by atoms with Crippen LogP contribution in [0.3, 0.4) is 0 Å². The number of aryl methyl sites for hydroxylation is 1. The molecule has 0 aliphatic carbocycles. The fourth-order valence-corrected chi connectivity index (χ4v) is 3.80. The number of aromatic nitrogens is 3. The summed E-state index contributed by atoms with van der Waals surface area (Å²) < 4.78 is 21.4. The molecule has 1 aliphatic rings. The number of halogens is 2. The number of carbonyl (C=O) groups excluding carboxylic acids is 1. The molecule has 0 saturated carbocycles. The van der Waals surface area contributed by atoms with Crippen molar-refractivity contribution in [3.8, 4) is 5.69 Å². The van der Waals surface area contributed by atoms with E-state index in [1.54, 1.807) is 31.2 Å². The number of ether oxygens (including phenoxy) is 1. The molecule has 0 radical (unpaired) electrons. The van der Waals surface area contributed by atoms with Gasteiger partial charge in [-0.25, -0.2) is 9.18 Å². The monoisotopic (exact) mass is 472 g/mol. The quantitative estimate of drug-likeness (QED) is 0.594. The van der Waals surface area contributed by atoms with Gasteiger partial charge in [0.25, 0.3) is 11.5 Å². The number of hydrogen-bond donors (Lipinski definition) is 1. The predicted molar refractivity (Wildman–Crippen MR) is 121 cm³/mol. The lowest BCUT2D eigenvalue weighted by Gasteiger charge is -2.14. The van der Waals surface area contributed by atoms with Crippen LogP contribution >= 0.6 is 11.6 Å². The van der Waals surface area contributed by atoms with Gasteiger partial charge in [0, 0.05) is 24.2 Å². The molecule has 1 N–H and O–H groups in total. The van der Waals surface area contributed by atoms with Crippen LogP contribution in [0.2, 0.25) is 5.02 Å². The molecule has 3 aromatic rings. The van der Waals surface area contributed by atoms with Crippen molar-refractivity contribution in [1.29, 1.82) is 0 Å².